The molecule has 2 aromatic rings. The van der Waals surface area contributed by atoms with Crippen LogP contribution in [0, 0.1) is 29.6 Å². The monoisotopic (exact) mass is 485 g/mol. The standard InChI is InChI=1S/C23H23N3O5S2/c1-25(2)10-5-3-9(4-6-10)14-15-11-7-12(18(15)32-20-19(14)33-23(31)24-20)17-16(11)21(29)26(22(17)30)8-13(27)28/h3-6,11-12,14-18H,7-8H2,1-2H3,(H,24,31)(H,27,28)/t11-,12-,14-,15-,16+,17+,18-/m1/s1. The number of thioether (sulfide) groups is 1. The molecule has 2 amide bonds. The van der Waals surface area contributed by atoms with Gasteiger partial charge in [0.15, 0.2) is 0 Å². The fourth-order valence-electron chi connectivity index (χ4n) is 6.72. The first-order valence-electron chi connectivity index (χ1n) is 11.0. The van der Waals surface area contributed by atoms with E-state index in [0.717, 1.165) is 32.5 Å². The van der Waals surface area contributed by atoms with Crippen LogP contribution in [0.1, 0.15) is 22.8 Å². The number of carbonyl (C=O) groups is 3. The van der Waals surface area contributed by atoms with E-state index in [1.807, 2.05) is 19.0 Å². The Hall–Kier alpha value is -2.59. The summed E-state index contributed by atoms with van der Waals surface area (Å²) in [4.78, 5) is 56.7. The molecule has 0 unspecified atom stereocenters. The molecule has 1 saturated heterocycles. The van der Waals surface area contributed by atoms with Gasteiger partial charge in [0.05, 0.1) is 16.9 Å². The second-order valence-corrected chi connectivity index (χ2v) is 11.8. The summed E-state index contributed by atoms with van der Waals surface area (Å²) in [5, 5.41) is 10.2. The molecule has 3 fully saturated rings. The van der Waals surface area contributed by atoms with Crippen LogP contribution in [0.25, 0.3) is 0 Å². The highest BCUT2D eigenvalue weighted by Gasteiger charge is 2.69. The van der Waals surface area contributed by atoms with Crippen LogP contribution in [0.2, 0.25) is 0 Å². The van der Waals surface area contributed by atoms with Crippen molar-refractivity contribution in [1.29, 1.82) is 0 Å². The lowest BCUT2D eigenvalue weighted by Gasteiger charge is -2.43. The highest BCUT2D eigenvalue weighted by atomic mass is 32.2. The van der Waals surface area contributed by atoms with E-state index in [-0.39, 0.29) is 45.6 Å². The number of hydrogen-bond acceptors (Lipinski definition) is 7. The Labute approximate surface area is 198 Å². The van der Waals surface area contributed by atoms with E-state index >= 15 is 0 Å². The van der Waals surface area contributed by atoms with Crippen molar-refractivity contribution in [3.63, 3.8) is 0 Å². The van der Waals surface area contributed by atoms with E-state index in [9.17, 15) is 24.3 Å². The average Bonchev–Trinajstić information content (AvgIpc) is 3.49. The summed E-state index contributed by atoms with van der Waals surface area (Å²) in [6.07, 6.45) is 0.793. The number of likely N-dealkylation sites (tertiary alicyclic amines) is 1. The summed E-state index contributed by atoms with van der Waals surface area (Å²) in [5.41, 5.74) is 2.19. The first kappa shape index (κ1) is 21.0. The molecule has 2 aliphatic carbocycles. The Morgan fingerprint density at radius 1 is 1.12 bits per heavy atom. The summed E-state index contributed by atoms with van der Waals surface area (Å²) < 4.78 is 0. The number of carboxylic acid groups (broad SMARTS) is 1. The summed E-state index contributed by atoms with van der Waals surface area (Å²) in [5.74, 6) is -2.65. The first-order chi connectivity index (χ1) is 15.8. The lowest BCUT2D eigenvalue weighted by Crippen LogP contribution is -2.42. The van der Waals surface area contributed by atoms with Crippen LogP contribution >= 0.6 is 23.1 Å². The molecule has 2 aliphatic heterocycles. The topological polar surface area (TPSA) is 111 Å². The van der Waals surface area contributed by atoms with E-state index < -0.39 is 24.3 Å². The molecule has 2 N–H and O–H groups in total. The predicted octanol–water partition coefficient (Wildman–Crippen LogP) is 2.06. The molecule has 172 valence electrons. The quantitative estimate of drug-likeness (QED) is 0.638. The van der Waals surface area contributed by atoms with Crippen LogP contribution in [-0.4, -0.2) is 58.7 Å². The fourth-order valence-corrected chi connectivity index (χ4v) is 9.61. The van der Waals surface area contributed by atoms with Gasteiger partial charge in [-0.05, 0) is 41.9 Å². The number of nitrogens with zero attached hydrogens (tertiary/aromatic N) is 2. The number of benzene rings is 1. The number of carbonyl (C=O) groups excluding carboxylic acids is 2. The van der Waals surface area contributed by atoms with Crippen molar-refractivity contribution in [3.8, 4) is 0 Å². The molecule has 1 aromatic heterocycles. The minimum atomic E-state index is -1.17. The van der Waals surface area contributed by atoms with Gasteiger partial charge >= 0.3 is 10.8 Å². The summed E-state index contributed by atoms with van der Waals surface area (Å²) in [7, 11) is 3.97. The molecule has 2 bridgehead atoms. The van der Waals surface area contributed by atoms with Gasteiger partial charge in [0.1, 0.15) is 6.54 Å². The zero-order chi connectivity index (χ0) is 23.2. The third-order valence-corrected chi connectivity index (χ3v) is 10.5. The number of rotatable bonds is 4. The molecule has 0 radical (unpaired) electrons. The minimum Gasteiger partial charge on any atom is -0.480 e. The number of fused-ring (bicyclic) bond motifs is 9. The molecule has 10 heteroatoms. The van der Waals surface area contributed by atoms with Gasteiger partial charge in [-0.2, -0.15) is 0 Å². The summed E-state index contributed by atoms with van der Waals surface area (Å²) in [6.45, 7) is -0.567. The van der Waals surface area contributed by atoms with Gasteiger partial charge in [-0.3, -0.25) is 24.1 Å². The van der Waals surface area contributed by atoms with Gasteiger partial charge in [0.25, 0.3) is 0 Å². The third kappa shape index (κ3) is 2.89. The largest absolute Gasteiger partial charge is 0.480 e. The van der Waals surface area contributed by atoms with Crippen molar-refractivity contribution in [3.05, 3.63) is 44.4 Å². The zero-order valence-corrected chi connectivity index (χ0v) is 19.7. The van der Waals surface area contributed by atoms with Crippen LogP contribution in [0.3, 0.4) is 0 Å². The van der Waals surface area contributed by atoms with Crippen LogP contribution in [-0.2, 0) is 14.4 Å². The number of aromatic amines is 1. The molecule has 0 spiro atoms. The molecule has 6 rings (SSSR count). The van der Waals surface area contributed by atoms with Crippen molar-refractivity contribution in [2.45, 2.75) is 22.6 Å². The number of hydrogen-bond donors (Lipinski definition) is 2. The van der Waals surface area contributed by atoms with Gasteiger partial charge in [-0.25, -0.2) is 0 Å². The fraction of sp³-hybridized carbons (Fsp3) is 0.478. The molecule has 33 heavy (non-hydrogen) atoms. The van der Waals surface area contributed by atoms with Crippen molar-refractivity contribution in [1.82, 2.24) is 9.88 Å². The maximum Gasteiger partial charge on any atom is 0.323 e. The molecular formula is C23H23N3O5S2. The number of nitrogens with one attached hydrogen (secondary N) is 1. The molecule has 1 aromatic carbocycles. The number of anilines is 1. The smallest absolute Gasteiger partial charge is 0.323 e. The Balaban J connectivity index is 1.43. The van der Waals surface area contributed by atoms with E-state index in [1.54, 1.807) is 11.8 Å². The Morgan fingerprint density at radius 3 is 2.42 bits per heavy atom. The van der Waals surface area contributed by atoms with Gasteiger partial charge in [-0.1, -0.05) is 23.5 Å². The summed E-state index contributed by atoms with van der Waals surface area (Å²) >= 11 is 2.87. The Morgan fingerprint density at radius 2 is 1.79 bits per heavy atom. The lowest BCUT2D eigenvalue weighted by molar-refractivity contribution is -0.149. The van der Waals surface area contributed by atoms with Crippen LogP contribution in [0.5, 0.6) is 0 Å². The van der Waals surface area contributed by atoms with Crippen LogP contribution in [0.4, 0.5) is 5.69 Å². The average molecular weight is 486 g/mol. The number of carboxylic acids is 1. The van der Waals surface area contributed by atoms with E-state index in [4.69, 9.17) is 0 Å². The second kappa shape index (κ2) is 7.20. The van der Waals surface area contributed by atoms with Crippen LogP contribution in [0.15, 0.2) is 34.1 Å². The molecule has 8 nitrogen and oxygen atoms in total. The number of aliphatic carboxylic acids is 1. The minimum absolute atomic E-state index is 0.00313. The van der Waals surface area contributed by atoms with Gasteiger partial charge in [0.2, 0.25) is 11.8 Å². The highest BCUT2D eigenvalue weighted by Crippen LogP contribution is 2.68. The second-order valence-electron chi connectivity index (χ2n) is 9.60. The van der Waals surface area contributed by atoms with Gasteiger partial charge in [0, 0.05) is 35.8 Å². The van der Waals surface area contributed by atoms with Crippen molar-refractivity contribution in [2.24, 2.45) is 29.6 Å². The normalized spacial score (nSPS) is 33.8. The van der Waals surface area contributed by atoms with Crippen molar-refractivity contribution < 1.29 is 19.5 Å². The molecule has 2 saturated carbocycles. The summed E-state index contributed by atoms with van der Waals surface area (Å²) in [6, 6.07) is 8.33. The Kier molecular flexibility index (Phi) is 4.58. The highest BCUT2D eigenvalue weighted by molar-refractivity contribution is 8.00. The lowest BCUT2D eigenvalue weighted by atomic mass is 9.68. The van der Waals surface area contributed by atoms with E-state index in [0.29, 0.717) is 0 Å². The van der Waals surface area contributed by atoms with Gasteiger partial charge < -0.3 is 15.0 Å². The van der Waals surface area contributed by atoms with E-state index in [2.05, 4.69) is 29.2 Å². The molecule has 7 atom stereocenters. The molecular weight excluding hydrogens is 462 g/mol. The maximum absolute atomic E-state index is 13.2. The third-order valence-electron chi connectivity index (χ3n) is 7.88. The number of aromatic nitrogens is 1. The van der Waals surface area contributed by atoms with Crippen LogP contribution < -0.4 is 9.77 Å². The SMILES string of the molecule is CN(C)c1ccc([C@H]2c3sc(=O)[nH]c3S[C@@H]3[C@@H]4C[C@@H]([C@@H]5C(=O)N(CC(=O)O)C(=O)[C@@H]45)[C@H]23)cc1. The maximum atomic E-state index is 13.2. The van der Waals surface area contributed by atoms with Crippen molar-refractivity contribution in [2.75, 3.05) is 25.5 Å². The number of H-pyrrole nitrogens is 1. The zero-order valence-electron chi connectivity index (χ0n) is 18.1. The first-order valence-corrected chi connectivity index (χ1v) is 12.7. The molecule has 3 heterocycles. The predicted molar refractivity (Wildman–Crippen MR) is 124 cm³/mol. The Bertz CT molecular complexity index is 1240. The number of imide groups is 1. The van der Waals surface area contributed by atoms with E-state index in [1.165, 1.54) is 11.3 Å². The number of thiazole rings is 1. The molecule has 4 aliphatic rings. The van der Waals surface area contributed by atoms with Gasteiger partial charge in [-0.15, -0.1) is 11.8 Å². The van der Waals surface area contributed by atoms with Crippen molar-refractivity contribution >= 4 is 46.6 Å². The number of amides is 2.